The van der Waals surface area contributed by atoms with Gasteiger partial charge in [0.05, 0.1) is 0 Å². The highest BCUT2D eigenvalue weighted by Gasteiger charge is 2.38. The van der Waals surface area contributed by atoms with Crippen LogP contribution in [-0.4, -0.2) is 20.7 Å². The van der Waals surface area contributed by atoms with Crippen molar-refractivity contribution in [2.24, 2.45) is 0 Å². The van der Waals surface area contributed by atoms with Crippen molar-refractivity contribution in [1.82, 2.24) is 0 Å². The van der Waals surface area contributed by atoms with Gasteiger partial charge in [-0.05, 0) is 24.6 Å². The quantitative estimate of drug-likeness (QED) is 0.363. The Kier molecular flexibility index (Phi) is 7.25. The van der Waals surface area contributed by atoms with Crippen molar-refractivity contribution in [3.8, 4) is 0 Å². The molecule has 1 atom stereocenters. The molecule has 0 saturated heterocycles. The maximum atomic E-state index is 11.1. The molecule has 0 aliphatic heterocycles. The lowest BCUT2D eigenvalue weighted by molar-refractivity contribution is -0.114. The molecule has 0 aliphatic carbocycles. The fourth-order valence-electron chi connectivity index (χ4n) is 1.48. The molecule has 0 aromatic carbocycles. The summed E-state index contributed by atoms with van der Waals surface area (Å²) in [6, 6.07) is 0. The van der Waals surface area contributed by atoms with Gasteiger partial charge in [0.2, 0.25) is 0 Å². The molecular weight excluding hydrogens is 228 g/mol. The minimum Gasteiger partial charge on any atom is -0.407 e. The Morgan fingerprint density at radius 2 is 1.76 bits per heavy atom. The van der Waals surface area contributed by atoms with Crippen LogP contribution in [0, 0.1) is 0 Å². The van der Waals surface area contributed by atoms with Crippen LogP contribution >= 0.6 is 0 Å². The van der Waals surface area contributed by atoms with Gasteiger partial charge in [-0.25, -0.2) is 0 Å². The van der Waals surface area contributed by atoms with Gasteiger partial charge in [-0.1, -0.05) is 53.4 Å². The molecule has 0 bridgehead atoms. The lowest BCUT2D eigenvalue weighted by Gasteiger charge is -2.38. The van der Waals surface area contributed by atoms with Crippen LogP contribution in [0.4, 0.5) is 0 Å². The zero-order valence-electron chi connectivity index (χ0n) is 12.5. The number of hydrogen-bond acceptors (Lipinski definition) is 2. The number of hydrogen-bond donors (Lipinski definition) is 0. The number of aldehydes is 1. The minimum absolute atomic E-state index is 0.178. The van der Waals surface area contributed by atoms with Crippen LogP contribution in [0.5, 0.6) is 0 Å². The van der Waals surface area contributed by atoms with E-state index in [4.69, 9.17) is 4.43 Å². The molecule has 0 radical (unpaired) electrons. The molecule has 0 aromatic heterocycles. The zero-order valence-corrected chi connectivity index (χ0v) is 13.5. The Bertz CT molecular complexity index is 219. The van der Waals surface area contributed by atoms with Gasteiger partial charge < -0.3 is 9.22 Å². The minimum atomic E-state index is -1.79. The number of unbranched alkanes of at least 4 members (excludes halogenated alkanes) is 3. The first-order chi connectivity index (χ1) is 7.74. The molecule has 0 aromatic rings. The van der Waals surface area contributed by atoms with Crippen LogP contribution in [0.2, 0.25) is 18.1 Å². The standard InChI is InChI=1S/C14H30O2Si/c1-7-8-9-10-11-13(12-15)16-17(5,6)14(2,3)4/h12-13H,7-11H2,1-6H3/t13-/m1/s1. The highest BCUT2D eigenvalue weighted by molar-refractivity contribution is 6.74. The van der Waals surface area contributed by atoms with Crippen molar-refractivity contribution in [3.05, 3.63) is 0 Å². The molecule has 2 nitrogen and oxygen atoms in total. The summed E-state index contributed by atoms with van der Waals surface area (Å²) < 4.78 is 6.10. The van der Waals surface area contributed by atoms with Crippen molar-refractivity contribution >= 4 is 14.6 Å². The number of carbonyl (C=O) groups excluding carboxylic acids is 1. The Hall–Kier alpha value is -0.153. The average molecular weight is 258 g/mol. The van der Waals surface area contributed by atoms with Crippen molar-refractivity contribution in [2.75, 3.05) is 0 Å². The van der Waals surface area contributed by atoms with E-state index in [1.807, 2.05) is 0 Å². The highest BCUT2D eigenvalue weighted by Crippen LogP contribution is 2.37. The third-order valence-corrected chi connectivity index (χ3v) is 8.25. The van der Waals surface area contributed by atoms with Crippen LogP contribution in [0.25, 0.3) is 0 Å². The molecule has 102 valence electrons. The highest BCUT2D eigenvalue weighted by atomic mass is 28.4. The molecule has 0 rings (SSSR count). The first-order valence-electron chi connectivity index (χ1n) is 6.87. The zero-order chi connectivity index (χ0) is 13.5. The van der Waals surface area contributed by atoms with E-state index >= 15 is 0 Å². The number of rotatable bonds is 8. The first-order valence-corrected chi connectivity index (χ1v) is 9.78. The molecule has 17 heavy (non-hydrogen) atoms. The summed E-state index contributed by atoms with van der Waals surface area (Å²) in [5.74, 6) is 0. The van der Waals surface area contributed by atoms with Crippen LogP contribution in [0.1, 0.15) is 59.8 Å². The Labute approximate surface area is 108 Å². The summed E-state index contributed by atoms with van der Waals surface area (Å²) in [5, 5.41) is 0.178. The summed E-state index contributed by atoms with van der Waals surface area (Å²) in [6.07, 6.45) is 6.49. The average Bonchev–Trinajstić information content (AvgIpc) is 2.20. The largest absolute Gasteiger partial charge is 0.407 e. The molecule has 0 N–H and O–H groups in total. The predicted octanol–water partition coefficient (Wildman–Crippen LogP) is 4.55. The molecule has 0 aliphatic rings. The van der Waals surface area contributed by atoms with Gasteiger partial charge in [-0.2, -0.15) is 0 Å². The van der Waals surface area contributed by atoms with Gasteiger partial charge in [-0.15, -0.1) is 0 Å². The summed E-state index contributed by atoms with van der Waals surface area (Å²) in [4.78, 5) is 11.1. The third kappa shape index (κ3) is 6.37. The smallest absolute Gasteiger partial charge is 0.193 e. The van der Waals surface area contributed by atoms with Crippen molar-refractivity contribution < 1.29 is 9.22 Å². The topological polar surface area (TPSA) is 26.3 Å². The fourth-order valence-corrected chi connectivity index (χ4v) is 2.77. The van der Waals surface area contributed by atoms with E-state index in [1.54, 1.807) is 0 Å². The lowest BCUT2D eigenvalue weighted by Crippen LogP contribution is -2.44. The molecule has 0 heterocycles. The summed E-state index contributed by atoms with van der Waals surface area (Å²) >= 11 is 0. The molecule has 0 amide bonds. The van der Waals surface area contributed by atoms with Crippen LogP contribution in [0.15, 0.2) is 0 Å². The van der Waals surface area contributed by atoms with Crippen LogP contribution < -0.4 is 0 Å². The van der Waals surface area contributed by atoms with Gasteiger partial charge in [0.1, 0.15) is 12.4 Å². The van der Waals surface area contributed by atoms with E-state index in [0.29, 0.717) is 0 Å². The molecule has 0 unspecified atom stereocenters. The lowest BCUT2D eigenvalue weighted by atomic mass is 10.1. The van der Waals surface area contributed by atoms with Gasteiger partial charge >= 0.3 is 0 Å². The Morgan fingerprint density at radius 3 is 2.18 bits per heavy atom. The van der Waals surface area contributed by atoms with Crippen molar-refractivity contribution in [1.29, 1.82) is 0 Å². The molecule has 3 heteroatoms. The van der Waals surface area contributed by atoms with E-state index in [1.165, 1.54) is 19.3 Å². The van der Waals surface area contributed by atoms with Gasteiger partial charge in [-0.3, -0.25) is 0 Å². The molecule has 0 spiro atoms. The van der Waals surface area contributed by atoms with E-state index in [0.717, 1.165) is 19.1 Å². The Balaban J connectivity index is 4.17. The maximum Gasteiger partial charge on any atom is 0.193 e. The second-order valence-corrected chi connectivity index (χ2v) is 11.2. The third-order valence-electron chi connectivity index (χ3n) is 3.75. The second-order valence-electron chi connectivity index (χ2n) is 6.40. The monoisotopic (exact) mass is 258 g/mol. The Morgan fingerprint density at radius 1 is 1.18 bits per heavy atom. The molecular formula is C14H30O2Si. The normalized spacial score (nSPS) is 14.7. The maximum absolute atomic E-state index is 11.1. The van der Waals surface area contributed by atoms with Gasteiger partial charge in [0.15, 0.2) is 8.32 Å². The summed E-state index contributed by atoms with van der Waals surface area (Å²) in [6.45, 7) is 13.2. The number of carbonyl (C=O) groups is 1. The van der Waals surface area contributed by atoms with Crippen LogP contribution in [-0.2, 0) is 9.22 Å². The van der Waals surface area contributed by atoms with Crippen LogP contribution in [0.3, 0.4) is 0 Å². The molecule has 0 fully saturated rings. The summed E-state index contributed by atoms with van der Waals surface area (Å²) in [7, 11) is -1.79. The van der Waals surface area contributed by atoms with Crippen molar-refractivity contribution in [3.63, 3.8) is 0 Å². The van der Waals surface area contributed by atoms with Gasteiger partial charge in [0.25, 0.3) is 0 Å². The SMILES string of the molecule is CCCCCC[C@H](C=O)O[Si](C)(C)C(C)(C)C. The van der Waals surface area contributed by atoms with Gasteiger partial charge in [0, 0.05) is 0 Å². The molecule has 0 saturated carbocycles. The van der Waals surface area contributed by atoms with E-state index in [9.17, 15) is 4.79 Å². The van der Waals surface area contributed by atoms with E-state index in [-0.39, 0.29) is 11.1 Å². The predicted molar refractivity (Wildman–Crippen MR) is 76.9 cm³/mol. The van der Waals surface area contributed by atoms with Crippen molar-refractivity contribution in [2.45, 2.75) is 84.0 Å². The first kappa shape index (κ1) is 16.8. The fraction of sp³-hybridized carbons (Fsp3) is 0.929. The summed E-state index contributed by atoms with van der Waals surface area (Å²) in [5.41, 5.74) is 0. The van der Waals surface area contributed by atoms with E-state index < -0.39 is 8.32 Å². The van der Waals surface area contributed by atoms with E-state index in [2.05, 4.69) is 40.8 Å². The second kappa shape index (κ2) is 7.32.